The lowest BCUT2D eigenvalue weighted by atomic mass is 10.1. The number of rotatable bonds is 4. The molecule has 0 heterocycles. The van der Waals surface area contributed by atoms with E-state index in [0.29, 0.717) is 6.54 Å². The van der Waals surface area contributed by atoms with E-state index in [1.807, 2.05) is 49.4 Å². The molecule has 2 aromatic carbocycles. The Balaban J connectivity index is 2.03. The van der Waals surface area contributed by atoms with Gasteiger partial charge in [0.15, 0.2) is 0 Å². The average molecular weight is 283 g/mol. The van der Waals surface area contributed by atoms with Gasteiger partial charge in [0, 0.05) is 12.1 Å². The van der Waals surface area contributed by atoms with Gasteiger partial charge in [0.05, 0.1) is 6.21 Å². The number of fused-ring (bicyclic) bond motifs is 1. The van der Waals surface area contributed by atoms with Crippen molar-refractivity contribution in [2.75, 3.05) is 6.54 Å². The van der Waals surface area contributed by atoms with Crippen LogP contribution >= 0.6 is 0 Å². The Hall–Kier alpha value is -2.69. The van der Waals surface area contributed by atoms with Gasteiger partial charge in [-0.05, 0) is 17.2 Å². The summed E-state index contributed by atoms with van der Waals surface area (Å²) >= 11 is 0. The fourth-order valence-electron chi connectivity index (χ4n) is 1.89. The van der Waals surface area contributed by atoms with E-state index in [0.717, 1.165) is 22.8 Å². The van der Waals surface area contributed by atoms with Crippen LogP contribution in [0.2, 0.25) is 0 Å². The van der Waals surface area contributed by atoms with Gasteiger partial charge in [-0.3, -0.25) is 9.59 Å². The first-order valence-corrected chi connectivity index (χ1v) is 6.81. The van der Waals surface area contributed by atoms with Crippen molar-refractivity contribution in [3.63, 3.8) is 0 Å². The lowest BCUT2D eigenvalue weighted by Crippen LogP contribution is -2.38. The number of hydrogen-bond acceptors (Lipinski definition) is 3. The zero-order chi connectivity index (χ0) is 15.1. The molecule has 0 saturated carbocycles. The van der Waals surface area contributed by atoms with Gasteiger partial charge >= 0.3 is 11.8 Å². The topological polar surface area (TPSA) is 70.6 Å². The van der Waals surface area contributed by atoms with Gasteiger partial charge in [-0.1, -0.05) is 49.4 Å². The van der Waals surface area contributed by atoms with Crippen molar-refractivity contribution in [3.05, 3.63) is 48.0 Å². The zero-order valence-corrected chi connectivity index (χ0v) is 11.8. The Morgan fingerprint density at radius 3 is 2.67 bits per heavy atom. The van der Waals surface area contributed by atoms with Crippen LogP contribution in [-0.4, -0.2) is 24.6 Å². The summed E-state index contributed by atoms with van der Waals surface area (Å²) < 4.78 is 0. The second kappa shape index (κ2) is 7.19. The van der Waals surface area contributed by atoms with Crippen LogP contribution in [0, 0.1) is 0 Å². The quantitative estimate of drug-likeness (QED) is 0.510. The summed E-state index contributed by atoms with van der Waals surface area (Å²) in [6, 6.07) is 13.7. The van der Waals surface area contributed by atoms with Gasteiger partial charge in [-0.15, -0.1) is 0 Å². The van der Waals surface area contributed by atoms with Crippen molar-refractivity contribution in [2.45, 2.75) is 13.3 Å². The van der Waals surface area contributed by atoms with E-state index < -0.39 is 11.8 Å². The highest BCUT2D eigenvalue weighted by Crippen LogP contribution is 2.16. The predicted molar refractivity (Wildman–Crippen MR) is 83.0 cm³/mol. The summed E-state index contributed by atoms with van der Waals surface area (Å²) in [6.45, 7) is 2.39. The Morgan fingerprint density at radius 2 is 1.86 bits per heavy atom. The monoisotopic (exact) mass is 283 g/mol. The number of hydrazone groups is 1. The van der Waals surface area contributed by atoms with Crippen LogP contribution in [0.3, 0.4) is 0 Å². The highest BCUT2D eigenvalue weighted by molar-refractivity contribution is 6.35. The Kier molecular flexibility index (Phi) is 5.04. The van der Waals surface area contributed by atoms with Crippen LogP contribution in [0.4, 0.5) is 0 Å². The van der Waals surface area contributed by atoms with E-state index in [1.165, 1.54) is 6.21 Å². The molecule has 21 heavy (non-hydrogen) atoms. The van der Waals surface area contributed by atoms with Crippen LogP contribution in [0.25, 0.3) is 10.8 Å². The summed E-state index contributed by atoms with van der Waals surface area (Å²) in [6.07, 6.45) is 2.31. The number of nitrogens with zero attached hydrogens (tertiary/aromatic N) is 1. The number of carbonyl (C=O) groups is 2. The van der Waals surface area contributed by atoms with Crippen molar-refractivity contribution in [1.29, 1.82) is 0 Å². The molecular weight excluding hydrogens is 266 g/mol. The van der Waals surface area contributed by atoms with Gasteiger partial charge in [0.25, 0.3) is 0 Å². The summed E-state index contributed by atoms with van der Waals surface area (Å²) in [5, 5.41) is 8.45. The summed E-state index contributed by atoms with van der Waals surface area (Å²) in [7, 11) is 0. The summed E-state index contributed by atoms with van der Waals surface area (Å²) in [5.41, 5.74) is 3.10. The predicted octanol–water partition coefficient (Wildman–Crippen LogP) is 1.82. The van der Waals surface area contributed by atoms with Gasteiger partial charge in [-0.2, -0.15) is 5.10 Å². The first-order chi connectivity index (χ1) is 10.2. The highest BCUT2D eigenvalue weighted by Gasteiger charge is 2.10. The minimum atomic E-state index is -0.764. The molecule has 0 saturated heterocycles. The minimum Gasteiger partial charge on any atom is -0.348 e. The molecule has 0 atom stereocenters. The standard InChI is InChI=1S/C16H17N3O2/c1-2-10-17-15(20)16(21)19-18-11-13-8-5-7-12-6-3-4-9-14(12)13/h3-9,11H,2,10H2,1H3,(H,17,20)(H,19,21)/b18-11-. The molecule has 0 unspecified atom stereocenters. The second-order valence-corrected chi connectivity index (χ2v) is 4.52. The third kappa shape index (κ3) is 3.89. The molecule has 0 aliphatic rings. The maximum atomic E-state index is 11.5. The molecule has 0 bridgehead atoms. The van der Waals surface area contributed by atoms with E-state index in [2.05, 4.69) is 15.8 Å². The number of carbonyl (C=O) groups excluding carboxylic acids is 2. The largest absolute Gasteiger partial charge is 0.348 e. The van der Waals surface area contributed by atoms with Gasteiger partial charge in [0.2, 0.25) is 0 Å². The molecule has 0 radical (unpaired) electrons. The zero-order valence-electron chi connectivity index (χ0n) is 11.8. The van der Waals surface area contributed by atoms with Gasteiger partial charge < -0.3 is 5.32 Å². The van der Waals surface area contributed by atoms with Crippen LogP contribution in [-0.2, 0) is 9.59 Å². The molecule has 0 fully saturated rings. The first kappa shape index (κ1) is 14.7. The number of benzene rings is 2. The molecule has 5 nitrogen and oxygen atoms in total. The number of amides is 2. The lowest BCUT2D eigenvalue weighted by molar-refractivity contribution is -0.139. The van der Waals surface area contributed by atoms with Gasteiger partial charge in [-0.25, -0.2) is 5.43 Å². The van der Waals surface area contributed by atoms with E-state index in [1.54, 1.807) is 0 Å². The van der Waals surface area contributed by atoms with Crippen molar-refractivity contribution in [1.82, 2.24) is 10.7 Å². The maximum absolute atomic E-state index is 11.5. The molecule has 108 valence electrons. The van der Waals surface area contributed by atoms with Crippen molar-refractivity contribution in [2.24, 2.45) is 5.10 Å². The number of hydrogen-bond donors (Lipinski definition) is 2. The van der Waals surface area contributed by atoms with Crippen molar-refractivity contribution < 1.29 is 9.59 Å². The molecule has 2 rings (SSSR count). The molecular formula is C16H17N3O2. The molecule has 0 aliphatic carbocycles. The number of nitrogens with one attached hydrogen (secondary N) is 2. The molecule has 0 aromatic heterocycles. The molecule has 5 heteroatoms. The Morgan fingerprint density at radius 1 is 1.10 bits per heavy atom. The van der Waals surface area contributed by atoms with E-state index in [-0.39, 0.29) is 0 Å². The Labute approximate surface area is 123 Å². The van der Waals surface area contributed by atoms with Crippen LogP contribution < -0.4 is 10.7 Å². The average Bonchev–Trinajstić information content (AvgIpc) is 2.52. The fourth-order valence-corrected chi connectivity index (χ4v) is 1.89. The molecule has 2 aromatic rings. The minimum absolute atomic E-state index is 0.472. The van der Waals surface area contributed by atoms with Crippen LogP contribution in [0.1, 0.15) is 18.9 Å². The summed E-state index contributed by atoms with van der Waals surface area (Å²) in [4.78, 5) is 22.8. The van der Waals surface area contributed by atoms with E-state index in [9.17, 15) is 9.59 Å². The first-order valence-electron chi connectivity index (χ1n) is 6.81. The Bertz CT molecular complexity index is 675. The third-order valence-corrected chi connectivity index (χ3v) is 2.93. The van der Waals surface area contributed by atoms with Crippen molar-refractivity contribution in [3.8, 4) is 0 Å². The molecule has 0 spiro atoms. The van der Waals surface area contributed by atoms with Crippen LogP contribution in [0.15, 0.2) is 47.6 Å². The SMILES string of the molecule is CCCNC(=O)C(=O)N/N=C\c1cccc2ccccc12. The second-order valence-electron chi connectivity index (χ2n) is 4.52. The van der Waals surface area contributed by atoms with E-state index >= 15 is 0 Å². The van der Waals surface area contributed by atoms with Gasteiger partial charge in [0.1, 0.15) is 0 Å². The molecule has 2 amide bonds. The normalized spacial score (nSPS) is 10.7. The fraction of sp³-hybridized carbons (Fsp3) is 0.188. The third-order valence-electron chi connectivity index (χ3n) is 2.93. The van der Waals surface area contributed by atoms with Crippen molar-refractivity contribution >= 4 is 28.8 Å². The maximum Gasteiger partial charge on any atom is 0.329 e. The lowest BCUT2D eigenvalue weighted by Gasteiger charge is -2.02. The van der Waals surface area contributed by atoms with E-state index in [4.69, 9.17) is 0 Å². The highest BCUT2D eigenvalue weighted by atomic mass is 16.2. The summed E-state index contributed by atoms with van der Waals surface area (Å²) in [5.74, 6) is -1.44. The van der Waals surface area contributed by atoms with Crippen LogP contribution in [0.5, 0.6) is 0 Å². The molecule has 2 N–H and O–H groups in total. The molecule has 0 aliphatic heterocycles. The smallest absolute Gasteiger partial charge is 0.329 e.